The molecule has 2 aromatic carbocycles. The molecule has 0 atom stereocenters. The van der Waals surface area contributed by atoms with Crippen LogP contribution in [-0.2, 0) is 11.2 Å². The average molecular weight is 473 g/mol. The predicted molar refractivity (Wildman–Crippen MR) is 109 cm³/mol. The summed E-state index contributed by atoms with van der Waals surface area (Å²) in [7, 11) is 0. The van der Waals surface area contributed by atoms with Gasteiger partial charge in [-0.1, -0.05) is 17.5 Å². The average Bonchev–Trinajstić information content (AvgIpc) is 2.72. The standard InChI is InChI=1S/C22H17ClF4O5/c1-2-3-30-10-16(29)12-32-22-19(26)7-14(8-20(22)27)4-13-5-17(24)21(18(25)6-13)31-11-15(28)9-23/h1,5-10,28-29H,3-4,11-12H2/b15-9-,16-10-. The van der Waals surface area contributed by atoms with Crippen LogP contribution in [0.25, 0.3) is 0 Å². The van der Waals surface area contributed by atoms with Crippen molar-refractivity contribution >= 4 is 11.6 Å². The van der Waals surface area contributed by atoms with Gasteiger partial charge in [-0.15, -0.1) is 6.42 Å². The summed E-state index contributed by atoms with van der Waals surface area (Å²) in [5.74, 6) is -4.53. The number of aliphatic hydroxyl groups is 2. The number of rotatable bonds is 10. The smallest absolute Gasteiger partial charge is 0.191 e. The second kappa shape index (κ2) is 11.8. The van der Waals surface area contributed by atoms with Crippen LogP contribution in [0.2, 0.25) is 0 Å². The Labute approximate surface area is 186 Å². The van der Waals surface area contributed by atoms with Gasteiger partial charge in [0.2, 0.25) is 0 Å². The van der Waals surface area contributed by atoms with E-state index < -0.39 is 59.5 Å². The summed E-state index contributed by atoms with van der Waals surface area (Å²) in [5, 5.41) is 18.7. The van der Waals surface area contributed by atoms with Crippen LogP contribution >= 0.6 is 11.6 Å². The molecule has 0 aromatic heterocycles. The Morgan fingerprint density at radius 1 is 0.875 bits per heavy atom. The number of halogens is 5. The molecule has 32 heavy (non-hydrogen) atoms. The molecule has 10 heteroatoms. The van der Waals surface area contributed by atoms with Gasteiger partial charge in [0.1, 0.15) is 31.8 Å². The topological polar surface area (TPSA) is 68.2 Å². The minimum Gasteiger partial charge on any atom is -0.508 e. The lowest BCUT2D eigenvalue weighted by Crippen LogP contribution is -2.06. The molecule has 2 N–H and O–H groups in total. The molecule has 0 amide bonds. The van der Waals surface area contributed by atoms with Crippen LogP contribution in [0, 0.1) is 35.6 Å². The maximum absolute atomic E-state index is 14.3. The Morgan fingerprint density at radius 2 is 1.31 bits per heavy atom. The van der Waals surface area contributed by atoms with Gasteiger partial charge in [-0.05, 0) is 41.8 Å². The van der Waals surface area contributed by atoms with Crippen molar-refractivity contribution in [2.75, 3.05) is 19.8 Å². The Morgan fingerprint density at radius 3 is 1.72 bits per heavy atom. The van der Waals surface area contributed by atoms with Crippen molar-refractivity contribution in [2.45, 2.75) is 6.42 Å². The molecular formula is C22H17ClF4O5. The van der Waals surface area contributed by atoms with E-state index in [4.69, 9.17) is 32.2 Å². The second-order valence-electron chi connectivity index (χ2n) is 6.26. The third kappa shape index (κ3) is 7.03. The summed E-state index contributed by atoms with van der Waals surface area (Å²) in [6, 6.07) is 3.72. The normalized spacial score (nSPS) is 11.8. The summed E-state index contributed by atoms with van der Waals surface area (Å²) in [6.45, 7) is -1.23. The molecule has 0 aliphatic rings. The first-order valence-electron chi connectivity index (χ1n) is 8.87. The van der Waals surface area contributed by atoms with E-state index in [1.807, 2.05) is 0 Å². The molecule has 2 rings (SSSR count). The van der Waals surface area contributed by atoms with Crippen molar-refractivity contribution in [3.8, 4) is 23.8 Å². The van der Waals surface area contributed by atoms with Crippen LogP contribution in [0.1, 0.15) is 11.1 Å². The Bertz CT molecular complexity index is 1020. The predicted octanol–water partition coefficient (Wildman–Crippen LogP) is 5.28. The van der Waals surface area contributed by atoms with Crippen LogP contribution in [0.3, 0.4) is 0 Å². The van der Waals surface area contributed by atoms with Gasteiger partial charge >= 0.3 is 0 Å². The van der Waals surface area contributed by atoms with Crippen LogP contribution in [0.15, 0.2) is 47.6 Å². The Kier molecular flexibility index (Phi) is 9.10. The van der Waals surface area contributed by atoms with E-state index in [2.05, 4.69) is 5.92 Å². The highest BCUT2D eigenvalue weighted by atomic mass is 35.5. The van der Waals surface area contributed by atoms with Crippen molar-refractivity contribution in [2.24, 2.45) is 0 Å². The van der Waals surface area contributed by atoms with E-state index in [1.165, 1.54) is 0 Å². The number of benzene rings is 2. The fourth-order valence-corrected chi connectivity index (χ4v) is 2.55. The Hall–Kier alpha value is -3.51. The van der Waals surface area contributed by atoms with Gasteiger partial charge in [0.15, 0.2) is 40.5 Å². The monoisotopic (exact) mass is 472 g/mol. The van der Waals surface area contributed by atoms with Crippen molar-refractivity contribution < 1.29 is 42.0 Å². The van der Waals surface area contributed by atoms with Gasteiger partial charge in [-0.25, -0.2) is 17.6 Å². The number of ether oxygens (including phenoxy) is 3. The number of hydrogen-bond acceptors (Lipinski definition) is 5. The summed E-state index contributed by atoms with van der Waals surface area (Å²) >= 11 is 5.23. The lowest BCUT2D eigenvalue weighted by molar-refractivity contribution is 0.218. The van der Waals surface area contributed by atoms with Crippen LogP contribution in [0.5, 0.6) is 11.5 Å². The van der Waals surface area contributed by atoms with Crippen molar-refractivity contribution in [3.05, 3.63) is 82.0 Å². The molecule has 0 spiro atoms. The highest BCUT2D eigenvalue weighted by Crippen LogP contribution is 2.28. The second-order valence-corrected chi connectivity index (χ2v) is 6.47. The van der Waals surface area contributed by atoms with Crippen molar-refractivity contribution in [1.29, 1.82) is 0 Å². The largest absolute Gasteiger partial charge is 0.508 e. The van der Waals surface area contributed by atoms with E-state index >= 15 is 0 Å². The van der Waals surface area contributed by atoms with Crippen LogP contribution < -0.4 is 9.47 Å². The first-order valence-corrected chi connectivity index (χ1v) is 9.31. The molecule has 0 saturated heterocycles. The molecule has 0 aliphatic heterocycles. The molecule has 5 nitrogen and oxygen atoms in total. The van der Waals surface area contributed by atoms with E-state index in [0.29, 0.717) is 0 Å². The zero-order chi connectivity index (χ0) is 23.7. The van der Waals surface area contributed by atoms with Gasteiger partial charge in [-0.2, -0.15) is 0 Å². The Balaban J connectivity index is 2.12. The fraction of sp³-hybridized carbons (Fsp3) is 0.182. The van der Waals surface area contributed by atoms with E-state index in [-0.39, 0.29) is 24.2 Å². The third-order valence-corrected chi connectivity index (χ3v) is 4.02. The lowest BCUT2D eigenvalue weighted by Gasteiger charge is -2.12. The third-order valence-electron chi connectivity index (χ3n) is 3.77. The molecule has 0 unspecified atom stereocenters. The molecule has 0 fully saturated rings. The van der Waals surface area contributed by atoms with Crippen LogP contribution in [0.4, 0.5) is 17.6 Å². The minimum atomic E-state index is -1.08. The lowest BCUT2D eigenvalue weighted by atomic mass is 10.0. The summed E-state index contributed by atoms with van der Waals surface area (Å²) < 4.78 is 71.3. The first kappa shape index (κ1) is 24.8. The van der Waals surface area contributed by atoms with E-state index in [1.54, 1.807) is 0 Å². The highest BCUT2D eigenvalue weighted by Gasteiger charge is 2.17. The van der Waals surface area contributed by atoms with E-state index in [0.717, 1.165) is 36.1 Å². The molecule has 2 aromatic rings. The molecule has 0 aliphatic carbocycles. The maximum Gasteiger partial charge on any atom is 0.191 e. The zero-order valence-electron chi connectivity index (χ0n) is 16.4. The van der Waals surface area contributed by atoms with Crippen molar-refractivity contribution in [1.82, 2.24) is 0 Å². The molecule has 0 bridgehead atoms. The highest BCUT2D eigenvalue weighted by molar-refractivity contribution is 6.25. The summed E-state index contributed by atoms with van der Waals surface area (Å²) in [6.07, 6.45) is 5.64. The van der Waals surface area contributed by atoms with Gasteiger partial charge in [-0.3, -0.25) is 0 Å². The van der Waals surface area contributed by atoms with Gasteiger partial charge in [0.25, 0.3) is 0 Å². The summed E-state index contributed by atoms with van der Waals surface area (Å²) in [4.78, 5) is 0. The number of terminal acetylenes is 1. The zero-order valence-corrected chi connectivity index (χ0v) is 17.1. The molecule has 170 valence electrons. The molecule has 0 heterocycles. The first-order chi connectivity index (χ1) is 15.2. The van der Waals surface area contributed by atoms with Gasteiger partial charge < -0.3 is 24.4 Å². The number of hydrogen-bond donors (Lipinski definition) is 2. The van der Waals surface area contributed by atoms with Gasteiger partial charge in [0.05, 0.1) is 0 Å². The summed E-state index contributed by atoms with van der Waals surface area (Å²) in [5.41, 5.74) is 0.925. The number of aliphatic hydroxyl groups excluding tert-OH is 2. The SMILES string of the molecule is C#CCO/C=C(\O)COc1c(F)cc(Cc2cc(F)c(OC/C(O)=C/Cl)c(F)c2)cc1F. The minimum absolute atomic E-state index is 0.0691. The molecular weight excluding hydrogens is 456 g/mol. The van der Waals surface area contributed by atoms with Gasteiger partial charge in [0, 0.05) is 5.54 Å². The fourth-order valence-electron chi connectivity index (χ4n) is 2.48. The van der Waals surface area contributed by atoms with Crippen molar-refractivity contribution in [3.63, 3.8) is 0 Å². The maximum atomic E-state index is 14.3. The molecule has 0 saturated carbocycles. The quantitative estimate of drug-likeness (QED) is 0.213. The van der Waals surface area contributed by atoms with Crippen LogP contribution in [-0.4, -0.2) is 30.0 Å². The van der Waals surface area contributed by atoms with E-state index in [9.17, 15) is 27.8 Å². The molecule has 0 radical (unpaired) electrons.